The third-order valence-corrected chi connectivity index (χ3v) is 7.65. The number of hydrogen-bond acceptors (Lipinski definition) is 4. The maximum Gasteiger partial charge on any atom is 0.307 e. The summed E-state index contributed by atoms with van der Waals surface area (Å²) in [5.41, 5.74) is 2.94. The maximum atomic E-state index is 13.5. The Labute approximate surface area is 192 Å². The van der Waals surface area contributed by atoms with Crippen molar-refractivity contribution in [2.24, 2.45) is 5.92 Å². The van der Waals surface area contributed by atoms with Crippen molar-refractivity contribution in [2.45, 2.75) is 83.6 Å². The Morgan fingerprint density at radius 2 is 1.75 bits per heavy atom. The first-order chi connectivity index (χ1) is 15.5. The summed E-state index contributed by atoms with van der Waals surface area (Å²) in [6.07, 6.45) is 12.3. The number of aromatic nitrogens is 1. The van der Waals surface area contributed by atoms with Crippen LogP contribution in [0.2, 0.25) is 0 Å². The number of carboxylic acid groups (broad SMARTS) is 1. The van der Waals surface area contributed by atoms with Crippen molar-refractivity contribution >= 4 is 28.2 Å². The Bertz CT molecular complexity index is 1030. The number of fused-ring (bicyclic) bond motifs is 1. The standard InChI is InChI=1S/C25H32N2O4S/c28-23(29)13-18-12-22(32-16-18)26-24(30)20-14-19-10-6-1-2-7-11-21(19)27(25(20)31)15-17-8-4-3-5-9-17/h12,14,16-17H,1-11,13,15H2,(H,26,30)(H,28,29). The van der Waals surface area contributed by atoms with Crippen LogP contribution in [-0.2, 0) is 30.6 Å². The van der Waals surface area contributed by atoms with Crippen LogP contribution in [0, 0.1) is 5.92 Å². The molecule has 0 atom stereocenters. The van der Waals surface area contributed by atoms with Gasteiger partial charge in [0, 0.05) is 12.2 Å². The second kappa shape index (κ2) is 10.5. The molecule has 2 aliphatic carbocycles. The summed E-state index contributed by atoms with van der Waals surface area (Å²) in [6.45, 7) is 0.712. The summed E-state index contributed by atoms with van der Waals surface area (Å²) in [6, 6.07) is 3.49. The predicted molar refractivity (Wildman–Crippen MR) is 127 cm³/mol. The van der Waals surface area contributed by atoms with E-state index in [1.165, 1.54) is 43.4 Å². The van der Waals surface area contributed by atoms with E-state index >= 15 is 0 Å². The van der Waals surface area contributed by atoms with Gasteiger partial charge in [-0.2, -0.15) is 0 Å². The molecule has 2 aromatic heterocycles. The topological polar surface area (TPSA) is 88.4 Å². The van der Waals surface area contributed by atoms with Crippen molar-refractivity contribution in [2.75, 3.05) is 5.32 Å². The number of aliphatic carboxylic acids is 1. The highest BCUT2D eigenvalue weighted by atomic mass is 32.1. The Morgan fingerprint density at radius 3 is 2.50 bits per heavy atom. The molecule has 32 heavy (non-hydrogen) atoms. The zero-order valence-electron chi connectivity index (χ0n) is 18.5. The minimum atomic E-state index is -0.909. The largest absolute Gasteiger partial charge is 0.481 e. The van der Waals surface area contributed by atoms with E-state index in [4.69, 9.17) is 5.11 Å². The van der Waals surface area contributed by atoms with Crippen LogP contribution in [0.3, 0.4) is 0 Å². The normalized spacial score (nSPS) is 17.2. The summed E-state index contributed by atoms with van der Waals surface area (Å²) in [5.74, 6) is -0.806. The summed E-state index contributed by atoms with van der Waals surface area (Å²) >= 11 is 1.28. The summed E-state index contributed by atoms with van der Waals surface area (Å²) in [4.78, 5) is 37.6. The summed E-state index contributed by atoms with van der Waals surface area (Å²) < 4.78 is 1.93. The van der Waals surface area contributed by atoms with E-state index in [-0.39, 0.29) is 17.5 Å². The van der Waals surface area contributed by atoms with Crippen LogP contribution >= 0.6 is 11.3 Å². The van der Waals surface area contributed by atoms with E-state index in [2.05, 4.69) is 5.32 Å². The van der Waals surface area contributed by atoms with Crippen LogP contribution in [0.5, 0.6) is 0 Å². The molecule has 1 amide bonds. The van der Waals surface area contributed by atoms with Gasteiger partial charge in [-0.25, -0.2) is 0 Å². The fraction of sp³-hybridized carbons (Fsp3) is 0.560. The third kappa shape index (κ3) is 5.49. The number of carbonyl (C=O) groups is 2. The fourth-order valence-corrected chi connectivity index (χ4v) is 5.91. The number of nitrogens with one attached hydrogen (secondary N) is 1. The molecule has 4 rings (SSSR count). The molecule has 2 N–H and O–H groups in total. The lowest BCUT2D eigenvalue weighted by molar-refractivity contribution is -0.136. The molecule has 172 valence electrons. The average molecular weight is 457 g/mol. The molecule has 2 aliphatic rings. The van der Waals surface area contributed by atoms with Crippen LogP contribution < -0.4 is 10.9 Å². The number of aryl methyl sites for hydroxylation is 1. The number of carboxylic acids is 1. The quantitative estimate of drug-likeness (QED) is 0.638. The van der Waals surface area contributed by atoms with Gasteiger partial charge in [-0.05, 0) is 73.1 Å². The molecule has 0 radical (unpaired) electrons. The van der Waals surface area contributed by atoms with E-state index in [0.29, 0.717) is 23.0 Å². The molecule has 2 aromatic rings. The lowest BCUT2D eigenvalue weighted by Crippen LogP contribution is -2.34. The number of pyridine rings is 1. The van der Waals surface area contributed by atoms with E-state index in [1.54, 1.807) is 11.4 Å². The molecular formula is C25H32N2O4S. The second-order valence-corrected chi connectivity index (χ2v) is 10.1. The number of amides is 1. The smallest absolute Gasteiger partial charge is 0.307 e. The Hall–Kier alpha value is -2.41. The molecule has 0 unspecified atom stereocenters. The first-order valence-electron chi connectivity index (χ1n) is 11.9. The number of carbonyl (C=O) groups excluding carboxylic acids is 1. The van der Waals surface area contributed by atoms with Crippen molar-refractivity contribution in [3.63, 3.8) is 0 Å². The second-order valence-electron chi connectivity index (χ2n) is 9.21. The highest BCUT2D eigenvalue weighted by Crippen LogP contribution is 2.27. The lowest BCUT2D eigenvalue weighted by Gasteiger charge is -2.26. The molecule has 1 fully saturated rings. The van der Waals surface area contributed by atoms with Gasteiger partial charge in [0.15, 0.2) is 0 Å². The van der Waals surface area contributed by atoms with E-state index < -0.39 is 11.9 Å². The fourth-order valence-electron chi connectivity index (χ4n) is 5.11. The van der Waals surface area contributed by atoms with Crippen LogP contribution in [0.15, 0.2) is 22.3 Å². The van der Waals surface area contributed by atoms with E-state index in [9.17, 15) is 14.4 Å². The number of hydrogen-bond donors (Lipinski definition) is 2. The Morgan fingerprint density at radius 1 is 1.03 bits per heavy atom. The van der Waals surface area contributed by atoms with Crippen molar-refractivity contribution in [1.82, 2.24) is 4.57 Å². The predicted octanol–water partition coefficient (Wildman–Crippen LogP) is 5.03. The van der Waals surface area contributed by atoms with Crippen LogP contribution in [-0.4, -0.2) is 21.6 Å². The molecule has 7 heteroatoms. The molecule has 1 saturated carbocycles. The number of nitrogens with zero attached hydrogens (tertiary/aromatic N) is 1. The SMILES string of the molecule is O=C(O)Cc1csc(NC(=O)c2cc3c(n(CC4CCCCC4)c2=O)CCCCCC3)c1. The van der Waals surface area contributed by atoms with Gasteiger partial charge < -0.3 is 15.0 Å². The van der Waals surface area contributed by atoms with Crippen molar-refractivity contribution in [1.29, 1.82) is 0 Å². The van der Waals surface area contributed by atoms with Crippen molar-refractivity contribution in [3.05, 3.63) is 50.3 Å². The highest BCUT2D eigenvalue weighted by Gasteiger charge is 2.23. The molecule has 6 nitrogen and oxygen atoms in total. The van der Waals surface area contributed by atoms with Gasteiger partial charge >= 0.3 is 5.97 Å². The Balaban J connectivity index is 1.64. The molecule has 2 heterocycles. The molecule has 0 saturated heterocycles. The molecule has 0 spiro atoms. The average Bonchev–Trinajstić information content (AvgIpc) is 3.17. The number of rotatable bonds is 6. The van der Waals surface area contributed by atoms with Crippen molar-refractivity contribution < 1.29 is 14.7 Å². The van der Waals surface area contributed by atoms with Gasteiger partial charge in [-0.1, -0.05) is 32.1 Å². The third-order valence-electron chi connectivity index (χ3n) is 6.76. The van der Waals surface area contributed by atoms with Crippen molar-refractivity contribution in [3.8, 4) is 0 Å². The van der Waals surface area contributed by atoms with Crippen LogP contribution in [0.4, 0.5) is 5.00 Å². The Kier molecular flexibility index (Phi) is 7.45. The first kappa shape index (κ1) is 22.8. The lowest BCUT2D eigenvalue weighted by atomic mass is 9.88. The summed E-state index contributed by atoms with van der Waals surface area (Å²) in [5, 5.41) is 14.1. The summed E-state index contributed by atoms with van der Waals surface area (Å²) in [7, 11) is 0. The van der Waals surface area contributed by atoms with Crippen LogP contribution in [0.1, 0.15) is 85.0 Å². The van der Waals surface area contributed by atoms with Gasteiger partial charge in [0.25, 0.3) is 11.5 Å². The van der Waals surface area contributed by atoms with E-state index in [1.807, 2.05) is 10.6 Å². The minimum Gasteiger partial charge on any atom is -0.481 e. The minimum absolute atomic E-state index is 0.0839. The van der Waals surface area contributed by atoms with Crippen LogP contribution in [0.25, 0.3) is 0 Å². The monoisotopic (exact) mass is 456 g/mol. The van der Waals surface area contributed by atoms with E-state index in [0.717, 1.165) is 49.8 Å². The molecule has 0 aliphatic heterocycles. The molecular weight excluding hydrogens is 424 g/mol. The highest BCUT2D eigenvalue weighted by molar-refractivity contribution is 7.14. The van der Waals surface area contributed by atoms with Gasteiger partial charge in [0.1, 0.15) is 5.56 Å². The first-order valence-corrected chi connectivity index (χ1v) is 12.8. The van der Waals surface area contributed by atoms with Gasteiger partial charge in [0.05, 0.1) is 11.4 Å². The van der Waals surface area contributed by atoms with Gasteiger partial charge in [-0.3, -0.25) is 14.4 Å². The van der Waals surface area contributed by atoms with Gasteiger partial charge in [0.2, 0.25) is 0 Å². The zero-order chi connectivity index (χ0) is 22.5. The number of thiophene rings is 1. The maximum absolute atomic E-state index is 13.5. The molecule has 0 aromatic carbocycles. The zero-order valence-corrected chi connectivity index (χ0v) is 19.3. The van der Waals surface area contributed by atoms with Gasteiger partial charge in [-0.15, -0.1) is 11.3 Å². The molecule has 0 bridgehead atoms. The number of anilines is 1.